The third-order valence-corrected chi connectivity index (χ3v) is 8.10. The Labute approximate surface area is 216 Å². The monoisotopic (exact) mass is 484 g/mol. The molecular formula is C32H40N2O2. The molecule has 2 heterocycles. The van der Waals surface area contributed by atoms with Crippen molar-refractivity contribution in [2.24, 2.45) is 5.41 Å². The highest BCUT2D eigenvalue weighted by molar-refractivity contribution is 5.76. The first-order valence-corrected chi connectivity index (χ1v) is 13.5. The fourth-order valence-corrected chi connectivity index (χ4v) is 5.03. The second-order valence-electron chi connectivity index (χ2n) is 11.7. The molecule has 2 N–H and O–H groups in total. The lowest BCUT2D eigenvalue weighted by Gasteiger charge is -2.30. The van der Waals surface area contributed by atoms with E-state index in [0.717, 1.165) is 52.4 Å². The van der Waals surface area contributed by atoms with Gasteiger partial charge in [0, 0.05) is 11.0 Å². The van der Waals surface area contributed by atoms with Gasteiger partial charge in [0.05, 0.1) is 11.4 Å². The van der Waals surface area contributed by atoms with Crippen molar-refractivity contribution in [3.05, 3.63) is 71.8 Å². The Morgan fingerprint density at radius 1 is 0.778 bits per heavy atom. The molecule has 5 rings (SSSR count). The molecule has 4 heteroatoms. The molecular weight excluding hydrogens is 444 g/mol. The third-order valence-electron chi connectivity index (χ3n) is 8.10. The smallest absolute Gasteiger partial charge is 0.196 e. The zero-order valence-corrected chi connectivity index (χ0v) is 22.6. The van der Waals surface area contributed by atoms with E-state index in [1.165, 1.54) is 18.4 Å². The number of hydrogen-bond donors (Lipinski definition) is 2. The van der Waals surface area contributed by atoms with E-state index >= 15 is 0 Å². The second-order valence-corrected chi connectivity index (χ2v) is 11.7. The van der Waals surface area contributed by atoms with Crippen LogP contribution in [0.3, 0.4) is 0 Å². The molecule has 0 aromatic heterocycles. The SMILES string of the molecule is CCCCC(C)(C)C1Nc2ccc(-c3ccc4c(c3)OC(c3cccc(C(C)(C)CC)c3)N4)cc2O1. The van der Waals surface area contributed by atoms with Gasteiger partial charge in [0.1, 0.15) is 11.5 Å². The number of fused-ring (bicyclic) bond motifs is 2. The van der Waals surface area contributed by atoms with Gasteiger partial charge in [-0.25, -0.2) is 0 Å². The minimum absolute atomic E-state index is 0.00365. The molecule has 0 bridgehead atoms. The van der Waals surface area contributed by atoms with Crippen molar-refractivity contribution < 1.29 is 9.47 Å². The van der Waals surface area contributed by atoms with E-state index in [1.54, 1.807) is 0 Å². The Morgan fingerprint density at radius 3 is 2.11 bits per heavy atom. The Bertz CT molecular complexity index is 1250. The first kappa shape index (κ1) is 24.5. The molecule has 3 aromatic carbocycles. The zero-order chi connectivity index (χ0) is 25.5. The van der Waals surface area contributed by atoms with Gasteiger partial charge in [-0.15, -0.1) is 0 Å². The summed E-state index contributed by atoms with van der Waals surface area (Å²) in [5, 5.41) is 7.14. The second kappa shape index (κ2) is 9.38. The number of benzene rings is 3. The predicted molar refractivity (Wildman–Crippen MR) is 150 cm³/mol. The minimum atomic E-state index is -0.179. The van der Waals surface area contributed by atoms with Gasteiger partial charge in [0.25, 0.3) is 0 Å². The molecule has 190 valence electrons. The molecule has 0 saturated carbocycles. The van der Waals surface area contributed by atoms with Crippen LogP contribution in [-0.2, 0) is 5.41 Å². The average molecular weight is 485 g/mol. The highest BCUT2D eigenvalue weighted by atomic mass is 16.5. The number of nitrogens with one attached hydrogen (secondary N) is 2. The number of anilines is 2. The molecule has 0 amide bonds. The number of ether oxygens (including phenoxy) is 2. The molecule has 0 radical (unpaired) electrons. The van der Waals surface area contributed by atoms with E-state index in [2.05, 4.69) is 113 Å². The van der Waals surface area contributed by atoms with Crippen molar-refractivity contribution in [2.45, 2.75) is 85.1 Å². The Balaban J connectivity index is 1.33. The van der Waals surface area contributed by atoms with Crippen molar-refractivity contribution >= 4 is 11.4 Å². The molecule has 2 unspecified atom stereocenters. The molecule has 3 aromatic rings. The van der Waals surface area contributed by atoms with Crippen LogP contribution in [0.15, 0.2) is 60.7 Å². The molecule has 2 aliphatic rings. The number of hydrogen-bond acceptors (Lipinski definition) is 4. The zero-order valence-electron chi connectivity index (χ0n) is 22.6. The summed E-state index contributed by atoms with van der Waals surface area (Å²) in [4.78, 5) is 0. The van der Waals surface area contributed by atoms with Gasteiger partial charge >= 0.3 is 0 Å². The van der Waals surface area contributed by atoms with Crippen LogP contribution >= 0.6 is 0 Å². The van der Waals surface area contributed by atoms with Crippen molar-refractivity contribution in [2.75, 3.05) is 10.6 Å². The van der Waals surface area contributed by atoms with Crippen molar-refractivity contribution in [3.8, 4) is 22.6 Å². The summed E-state index contributed by atoms with van der Waals surface area (Å²) in [5.41, 5.74) is 7.06. The standard InChI is InChI=1S/C32H40N2O2/c1-7-9-17-32(5,6)30-34-26-16-14-22(20-28(26)36-30)21-13-15-25-27(19-21)35-29(33-25)23-11-10-12-24(18-23)31(3,4)8-2/h10-16,18-20,29-30,33-34H,7-9,17H2,1-6H3. The first-order valence-electron chi connectivity index (χ1n) is 13.5. The lowest BCUT2D eigenvalue weighted by molar-refractivity contribution is 0.101. The van der Waals surface area contributed by atoms with Crippen molar-refractivity contribution in [1.29, 1.82) is 0 Å². The van der Waals surface area contributed by atoms with Gasteiger partial charge in [0.15, 0.2) is 12.5 Å². The summed E-state index contributed by atoms with van der Waals surface area (Å²) in [6.45, 7) is 13.6. The summed E-state index contributed by atoms with van der Waals surface area (Å²) < 4.78 is 12.8. The van der Waals surface area contributed by atoms with Gasteiger partial charge in [-0.05, 0) is 65.3 Å². The maximum Gasteiger partial charge on any atom is 0.196 e. The highest BCUT2D eigenvalue weighted by Gasteiger charge is 2.36. The number of rotatable bonds is 8. The van der Waals surface area contributed by atoms with Gasteiger partial charge < -0.3 is 20.1 Å². The van der Waals surface area contributed by atoms with E-state index < -0.39 is 0 Å². The highest BCUT2D eigenvalue weighted by Crippen LogP contribution is 2.44. The molecule has 0 aliphatic carbocycles. The fraction of sp³-hybridized carbons (Fsp3) is 0.438. The molecule has 0 fully saturated rings. The lowest BCUT2D eigenvalue weighted by atomic mass is 9.81. The molecule has 36 heavy (non-hydrogen) atoms. The van der Waals surface area contributed by atoms with Crippen LogP contribution in [-0.4, -0.2) is 6.23 Å². The van der Waals surface area contributed by atoms with Crippen LogP contribution in [0.2, 0.25) is 0 Å². The summed E-state index contributed by atoms with van der Waals surface area (Å²) in [7, 11) is 0. The maximum atomic E-state index is 6.39. The third kappa shape index (κ3) is 4.66. The van der Waals surface area contributed by atoms with Crippen LogP contribution < -0.4 is 20.1 Å². The van der Waals surface area contributed by atoms with E-state index in [4.69, 9.17) is 9.47 Å². The summed E-state index contributed by atoms with van der Waals surface area (Å²) in [6.07, 6.45) is 4.46. The quantitative estimate of drug-likeness (QED) is 0.335. The average Bonchev–Trinajstić information content (AvgIpc) is 3.51. The lowest BCUT2D eigenvalue weighted by Crippen LogP contribution is -2.37. The van der Waals surface area contributed by atoms with Crippen LogP contribution in [0.25, 0.3) is 11.1 Å². The topological polar surface area (TPSA) is 42.5 Å². The Kier molecular flexibility index (Phi) is 6.40. The van der Waals surface area contributed by atoms with E-state index in [1.807, 2.05) is 0 Å². The van der Waals surface area contributed by atoms with Gasteiger partial charge in [0.2, 0.25) is 0 Å². The fourth-order valence-electron chi connectivity index (χ4n) is 5.03. The summed E-state index contributed by atoms with van der Waals surface area (Å²) in [5.74, 6) is 1.81. The van der Waals surface area contributed by atoms with Crippen molar-refractivity contribution in [1.82, 2.24) is 0 Å². The van der Waals surface area contributed by atoms with Crippen LogP contribution in [0.1, 0.15) is 84.6 Å². The molecule has 2 atom stereocenters. The largest absolute Gasteiger partial charge is 0.468 e. The molecule has 0 spiro atoms. The molecule has 0 saturated heterocycles. The Morgan fingerprint density at radius 2 is 1.44 bits per heavy atom. The number of unbranched alkanes of at least 4 members (excludes halogenated alkanes) is 1. The van der Waals surface area contributed by atoms with Gasteiger partial charge in [-0.1, -0.05) is 84.7 Å². The summed E-state index contributed by atoms with van der Waals surface area (Å²) >= 11 is 0. The minimum Gasteiger partial charge on any atom is -0.468 e. The van der Waals surface area contributed by atoms with Gasteiger partial charge in [-0.2, -0.15) is 0 Å². The molecule has 2 aliphatic heterocycles. The van der Waals surface area contributed by atoms with Crippen LogP contribution in [0.5, 0.6) is 11.5 Å². The predicted octanol–water partition coefficient (Wildman–Crippen LogP) is 8.89. The summed E-state index contributed by atoms with van der Waals surface area (Å²) in [6, 6.07) is 21.6. The van der Waals surface area contributed by atoms with Gasteiger partial charge in [-0.3, -0.25) is 0 Å². The Hall–Kier alpha value is -3.14. The van der Waals surface area contributed by atoms with Crippen LogP contribution in [0.4, 0.5) is 11.4 Å². The van der Waals surface area contributed by atoms with Crippen LogP contribution in [0, 0.1) is 5.41 Å². The van der Waals surface area contributed by atoms with E-state index in [-0.39, 0.29) is 23.3 Å². The van der Waals surface area contributed by atoms with E-state index in [0.29, 0.717) is 0 Å². The van der Waals surface area contributed by atoms with E-state index in [9.17, 15) is 0 Å². The maximum absolute atomic E-state index is 6.39. The first-order chi connectivity index (χ1) is 17.2. The van der Waals surface area contributed by atoms with Crippen molar-refractivity contribution in [3.63, 3.8) is 0 Å². The normalized spacial score (nSPS) is 18.5. The molecule has 4 nitrogen and oxygen atoms in total.